The molecule has 0 radical (unpaired) electrons. The van der Waals surface area contributed by atoms with Crippen molar-refractivity contribution in [3.05, 3.63) is 59.2 Å². The fourth-order valence-corrected chi connectivity index (χ4v) is 3.72. The highest BCUT2D eigenvalue weighted by molar-refractivity contribution is 6.01. The summed E-state index contributed by atoms with van der Waals surface area (Å²) in [5, 5.41) is 2.87. The van der Waals surface area contributed by atoms with Crippen molar-refractivity contribution in [1.82, 2.24) is 4.90 Å². The zero-order valence-electron chi connectivity index (χ0n) is 18.1. The molecule has 30 heavy (non-hydrogen) atoms. The summed E-state index contributed by atoms with van der Waals surface area (Å²) in [5.74, 6) is -0.948. The summed E-state index contributed by atoms with van der Waals surface area (Å²) in [6.07, 6.45) is 1.10. The average Bonchev–Trinajstić information content (AvgIpc) is 3.12. The van der Waals surface area contributed by atoms with Gasteiger partial charge in [0, 0.05) is 31.4 Å². The topological polar surface area (TPSA) is 69.7 Å². The second-order valence-electron chi connectivity index (χ2n) is 7.92. The molecule has 1 aliphatic heterocycles. The van der Waals surface area contributed by atoms with Crippen molar-refractivity contribution in [3.8, 4) is 0 Å². The molecular weight excluding hydrogens is 378 g/mol. The van der Waals surface area contributed by atoms with Crippen LogP contribution in [0.5, 0.6) is 0 Å². The molecule has 0 spiro atoms. The first-order valence-corrected chi connectivity index (χ1v) is 10.3. The van der Waals surface area contributed by atoms with Crippen LogP contribution in [0.1, 0.15) is 30.0 Å². The number of nitrogens with zero attached hydrogens (tertiary/aromatic N) is 2. The third kappa shape index (κ3) is 4.70. The highest BCUT2D eigenvalue weighted by atomic mass is 16.2. The van der Waals surface area contributed by atoms with Crippen molar-refractivity contribution in [2.24, 2.45) is 5.92 Å². The van der Waals surface area contributed by atoms with Gasteiger partial charge in [-0.1, -0.05) is 31.2 Å². The fraction of sp³-hybridized carbons (Fsp3) is 0.375. The smallest absolute Gasteiger partial charge is 0.243 e. The number of benzene rings is 2. The van der Waals surface area contributed by atoms with Gasteiger partial charge in [0.15, 0.2) is 0 Å². The fourth-order valence-electron chi connectivity index (χ4n) is 3.72. The summed E-state index contributed by atoms with van der Waals surface area (Å²) in [5.41, 5.74) is 4.86. The van der Waals surface area contributed by atoms with Crippen LogP contribution in [-0.2, 0) is 20.8 Å². The molecule has 0 saturated carbocycles. The molecule has 1 atom stereocenters. The van der Waals surface area contributed by atoms with Gasteiger partial charge in [0.2, 0.25) is 17.7 Å². The first kappa shape index (κ1) is 21.6. The van der Waals surface area contributed by atoms with Crippen LogP contribution in [-0.4, -0.2) is 42.8 Å². The molecule has 0 aromatic heterocycles. The maximum atomic E-state index is 12.8. The Morgan fingerprint density at radius 2 is 1.83 bits per heavy atom. The van der Waals surface area contributed by atoms with E-state index in [9.17, 15) is 14.4 Å². The lowest BCUT2D eigenvalue weighted by Gasteiger charge is -2.21. The molecule has 1 N–H and O–H groups in total. The van der Waals surface area contributed by atoms with Crippen LogP contribution in [0.25, 0.3) is 0 Å². The number of amides is 3. The molecule has 2 aromatic rings. The number of likely N-dealkylation sites (N-methyl/N-ethyl adjacent to an activating group) is 1. The number of nitrogens with one attached hydrogen (secondary N) is 1. The van der Waals surface area contributed by atoms with E-state index in [0.29, 0.717) is 6.54 Å². The number of carbonyl (C=O) groups is 3. The largest absolute Gasteiger partial charge is 0.336 e. The molecule has 1 aliphatic rings. The molecule has 3 rings (SSSR count). The van der Waals surface area contributed by atoms with E-state index in [1.807, 2.05) is 56.3 Å². The van der Waals surface area contributed by atoms with Crippen LogP contribution in [0, 0.1) is 19.8 Å². The Hall–Kier alpha value is -3.15. The molecule has 6 heteroatoms. The number of hydrogen-bond acceptors (Lipinski definition) is 3. The van der Waals surface area contributed by atoms with Crippen LogP contribution in [0.2, 0.25) is 0 Å². The molecular formula is C24H29N3O3. The Kier molecular flexibility index (Phi) is 6.55. The molecule has 1 heterocycles. The molecule has 158 valence electrons. The molecule has 3 amide bonds. The zero-order valence-corrected chi connectivity index (χ0v) is 18.1. The van der Waals surface area contributed by atoms with Gasteiger partial charge in [0.25, 0.3) is 0 Å². The second kappa shape index (κ2) is 9.11. The second-order valence-corrected chi connectivity index (χ2v) is 7.92. The molecule has 0 bridgehead atoms. The van der Waals surface area contributed by atoms with Crippen molar-refractivity contribution < 1.29 is 14.4 Å². The Bertz CT molecular complexity index is 953. The van der Waals surface area contributed by atoms with Crippen molar-refractivity contribution in [2.45, 2.75) is 33.6 Å². The standard InChI is InChI=1S/C24H29N3O3/c1-5-18-9-11-20(12-10-18)27-14-19(13-23(27)29)24(30)26(4)15-22(28)25-21-8-6-7-16(2)17(21)3/h6-12,19H,5,13-15H2,1-4H3,(H,25,28). The monoisotopic (exact) mass is 407 g/mol. The zero-order chi connectivity index (χ0) is 21.8. The van der Waals surface area contributed by atoms with Crippen molar-refractivity contribution >= 4 is 29.1 Å². The Balaban J connectivity index is 1.59. The Morgan fingerprint density at radius 3 is 2.50 bits per heavy atom. The van der Waals surface area contributed by atoms with Gasteiger partial charge in [-0.15, -0.1) is 0 Å². The predicted octanol–water partition coefficient (Wildman–Crippen LogP) is 3.32. The minimum atomic E-state index is -0.443. The summed E-state index contributed by atoms with van der Waals surface area (Å²) in [7, 11) is 1.61. The van der Waals surface area contributed by atoms with Crippen molar-refractivity contribution in [1.29, 1.82) is 0 Å². The molecule has 0 aliphatic carbocycles. The highest BCUT2D eigenvalue weighted by Crippen LogP contribution is 2.26. The summed E-state index contributed by atoms with van der Waals surface area (Å²) in [6, 6.07) is 13.6. The lowest BCUT2D eigenvalue weighted by Crippen LogP contribution is -2.39. The third-order valence-corrected chi connectivity index (χ3v) is 5.77. The van der Waals surface area contributed by atoms with Gasteiger partial charge in [-0.2, -0.15) is 0 Å². The minimum absolute atomic E-state index is 0.0535. The van der Waals surface area contributed by atoms with E-state index < -0.39 is 5.92 Å². The molecule has 1 unspecified atom stereocenters. The maximum absolute atomic E-state index is 12.8. The van der Waals surface area contributed by atoms with E-state index in [2.05, 4.69) is 12.2 Å². The van der Waals surface area contributed by atoms with Gasteiger partial charge in [-0.3, -0.25) is 14.4 Å². The van der Waals surface area contributed by atoms with Gasteiger partial charge in [-0.05, 0) is 55.2 Å². The van der Waals surface area contributed by atoms with E-state index in [1.54, 1.807) is 11.9 Å². The summed E-state index contributed by atoms with van der Waals surface area (Å²) in [6.45, 7) is 6.30. The van der Waals surface area contributed by atoms with Crippen LogP contribution >= 0.6 is 0 Å². The van der Waals surface area contributed by atoms with E-state index in [1.165, 1.54) is 10.5 Å². The predicted molar refractivity (Wildman–Crippen MR) is 118 cm³/mol. The van der Waals surface area contributed by atoms with E-state index in [0.717, 1.165) is 28.9 Å². The molecule has 1 fully saturated rings. The van der Waals surface area contributed by atoms with Gasteiger partial charge < -0.3 is 15.1 Å². The average molecular weight is 408 g/mol. The van der Waals surface area contributed by atoms with Gasteiger partial charge in [0.1, 0.15) is 0 Å². The normalized spacial score (nSPS) is 15.9. The van der Waals surface area contributed by atoms with E-state index in [-0.39, 0.29) is 30.7 Å². The quantitative estimate of drug-likeness (QED) is 0.799. The van der Waals surface area contributed by atoms with Crippen LogP contribution < -0.4 is 10.2 Å². The van der Waals surface area contributed by atoms with Crippen LogP contribution in [0.4, 0.5) is 11.4 Å². The number of hydrogen-bond donors (Lipinski definition) is 1. The summed E-state index contributed by atoms with van der Waals surface area (Å²) < 4.78 is 0. The first-order valence-electron chi connectivity index (χ1n) is 10.3. The van der Waals surface area contributed by atoms with Crippen LogP contribution in [0.3, 0.4) is 0 Å². The Labute approximate surface area is 177 Å². The molecule has 1 saturated heterocycles. The summed E-state index contributed by atoms with van der Waals surface area (Å²) >= 11 is 0. The van der Waals surface area contributed by atoms with Crippen molar-refractivity contribution in [3.63, 3.8) is 0 Å². The number of carbonyl (C=O) groups excluding carboxylic acids is 3. The lowest BCUT2D eigenvalue weighted by molar-refractivity contribution is -0.137. The third-order valence-electron chi connectivity index (χ3n) is 5.77. The van der Waals surface area contributed by atoms with Crippen molar-refractivity contribution in [2.75, 3.05) is 30.4 Å². The van der Waals surface area contributed by atoms with Gasteiger partial charge >= 0.3 is 0 Å². The van der Waals surface area contributed by atoms with Gasteiger partial charge in [0.05, 0.1) is 12.5 Å². The number of anilines is 2. The SMILES string of the molecule is CCc1ccc(N2CC(C(=O)N(C)CC(=O)Nc3cccc(C)c3C)CC2=O)cc1. The summed E-state index contributed by atoms with van der Waals surface area (Å²) in [4.78, 5) is 40.8. The maximum Gasteiger partial charge on any atom is 0.243 e. The highest BCUT2D eigenvalue weighted by Gasteiger charge is 2.36. The Morgan fingerprint density at radius 1 is 1.13 bits per heavy atom. The number of rotatable bonds is 6. The first-order chi connectivity index (χ1) is 14.3. The lowest BCUT2D eigenvalue weighted by atomic mass is 10.1. The van der Waals surface area contributed by atoms with Gasteiger partial charge in [-0.25, -0.2) is 0 Å². The molecule has 2 aromatic carbocycles. The minimum Gasteiger partial charge on any atom is -0.336 e. The number of aryl methyl sites for hydroxylation is 2. The van der Waals surface area contributed by atoms with Crippen LogP contribution in [0.15, 0.2) is 42.5 Å². The van der Waals surface area contributed by atoms with E-state index in [4.69, 9.17) is 0 Å². The molecule has 6 nitrogen and oxygen atoms in total. The van der Waals surface area contributed by atoms with E-state index >= 15 is 0 Å².